The zero-order valence-corrected chi connectivity index (χ0v) is 9.16. The highest BCUT2D eigenvalue weighted by Gasteiger charge is 2.29. The van der Waals surface area contributed by atoms with E-state index in [0.717, 1.165) is 30.8 Å². The van der Waals surface area contributed by atoms with Gasteiger partial charge in [-0.3, -0.25) is 4.79 Å². The standard InChI is InChI=1S/C11H16N2O2/c1-3-9-7(2)12-10(6-11(14)15)13(9)8-4-5-8/h8H,3-6H2,1-2H3,(H,14,15). The molecule has 15 heavy (non-hydrogen) atoms. The fourth-order valence-electron chi connectivity index (χ4n) is 2.09. The van der Waals surface area contributed by atoms with Crippen molar-refractivity contribution in [1.82, 2.24) is 9.55 Å². The summed E-state index contributed by atoms with van der Waals surface area (Å²) in [6.07, 6.45) is 3.29. The summed E-state index contributed by atoms with van der Waals surface area (Å²) < 4.78 is 2.14. The number of hydrogen-bond donors (Lipinski definition) is 1. The number of hydrogen-bond acceptors (Lipinski definition) is 2. The van der Waals surface area contributed by atoms with Crippen LogP contribution in [-0.2, 0) is 17.6 Å². The third-order valence-corrected chi connectivity index (χ3v) is 2.84. The first-order valence-corrected chi connectivity index (χ1v) is 5.41. The Kier molecular flexibility index (Phi) is 2.50. The van der Waals surface area contributed by atoms with E-state index in [0.29, 0.717) is 6.04 Å². The zero-order valence-electron chi connectivity index (χ0n) is 9.16. The Morgan fingerprint density at radius 1 is 1.60 bits per heavy atom. The molecule has 0 radical (unpaired) electrons. The number of aryl methyl sites for hydroxylation is 1. The minimum atomic E-state index is -0.801. The van der Waals surface area contributed by atoms with E-state index in [1.165, 1.54) is 5.69 Å². The molecule has 0 saturated heterocycles. The van der Waals surface area contributed by atoms with E-state index in [9.17, 15) is 4.79 Å². The Morgan fingerprint density at radius 3 is 2.73 bits per heavy atom. The molecule has 0 unspecified atom stereocenters. The van der Waals surface area contributed by atoms with Gasteiger partial charge in [0.25, 0.3) is 0 Å². The van der Waals surface area contributed by atoms with Crippen molar-refractivity contribution in [2.24, 2.45) is 0 Å². The number of rotatable bonds is 4. The predicted molar refractivity (Wildman–Crippen MR) is 56.0 cm³/mol. The van der Waals surface area contributed by atoms with Crippen molar-refractivity contribution in [2.45, 2.75) is 45.6 Å². The summed E-state index contributed by atoms with van der Waals surface area (Å²) in [7, 11) is 0. The van der Waals surface area contributed by atoms with Crippen molar-refractivity contribution in [2.75, 3.05) is 0 Å². The lowest BCUT2D eigenvalue weighted by molar-refractivity contribution is -0.136. The Balaban J connectivity index is 2.39. The zero-order chi connectivity index (χ0) is 11.0. The van der Waals surface area contributed by atoms with Gasteiger partial charge in [-0.05, 0) is 26.2 Å². The molecule has 0 aromatic carbocycles. The lowest BCUT2D eigenvalue weighted by Gasteiger charge is -2.08. The van der Waals surface area contributed by atoms with E-state index in [2.05, 4.69) is 16.5 Å². The van der Waals surface area contributed by atoms with Gasteiger partial charge in [0, 0.05) is 11.7 Å². The maximum Gasteiger partial charge on any atom is 0.311 e. The van der Waals surface area contributed by atoms with E-state index in [4.69, 9.17) is 5.11 Å². The van der Waals surface area contributed by atoms with Crippen molar-refractivity contribution in [3.05, 3.63) is 17.2 Å². The molecule has 1 N–H and O–H groups in total. The highest BCUT2D eigenvalue weighted by atomic mass is 16.4. The van der Waals surface area contributed by atoms with E-state index >= 15 is 0 Å². The van der Waals surface area contributed by atoms with Gasteiger partial charge in [-0.1, -0.05) is 6.92 Å². The largest absolute Gasteiger partial charge is 0.481 e. The second-order valence-electron chi connectivity index (χ2n) is 4.09. The van der Waals surface area contributed by atoms with Crippen LogP contribution in [0.25, 0.3) is 0 Å². The normalized spacial score (nSPS) is 15.6. The van der Waals surface area contributed by atoms with E-state index in [1.807, 2.05) is 6.92 Å². The van der Waals surface area contributed by atoms with Crippen molar-refractivity contribution in [3.8, 4) is 0 Å². The average Bonchev–Trinajstić information content (AvgIpc) is 2.91. The summed E-state index contributed by atoms with van der Waals surface area (Å²) in [6, 6.07) is 0.510. The summed E-state index contributed by atoms with van der Waals surface area (Å²) in [5.74, 6) is -0.0797. The molecule has 4 heteroatoms. The Labute approximate surface area is 88.9 Å². The molecule has 82 valence electrons. The van der Waals surface area contributed by atoms with Crippen LogP contribution in [0.2, 0.25) is 0 Å². The third-order valence-electron chi connectivity index (χ3n) is 2.84. The minimum Gasteiger partial charge on any atom is -0.481 e. The minimum absolute atomic E-state index is 0.0390. The summed E-state index contributed by atoms with van der Waals surface area (Å²) in [5, 5.41) is 8.81. The third kappa shape index (κ3) is 1.89. The van der Waals surface area contributed by atoms with E-state index < -0.39 is 5.97 Å². The first-order valence-electron chi connectivity index (χ1n) is 5.41. The quantitative estimate of drug-likeness (QED) is 0.819. The smallest absolute Gasteiger partial charge is 0.311 e. The fourth-order valence-corrected chi connectivity index (χ4v) is 2.09. The molecule has 0 spiro atoms. The molecule has 0 aliphatic heterocycles. The summed E-state index contributed by atoms with van der Waals surface area (Å²) in [4.78, 5) is 15.1. The molecule has 1 aliphatic carbocycles. The van der Waals surface area contributed by atoms with Crippen molar-refractivity contribution in [3.63, 3.8) is 0 Å². The van der Waals surface area contributed by atoms with Gasteiger partial charge < -0.3 is 9.67 Å². The predicted octanol–water partition coefficient (Wildman–Crippen LogP) is 1.72. The van der Waals surface area contributed by atoms with Gasteiger partial charge in [-0.2, -0.15) is 0 Å². The summed E-state index contributed by atoms with van der Waals surface area (Å²) >= 11 is 0. The average molecular weight is 208 g/mol. The number of carboxylic acids is 1. The van der Waals surface area contributed by atoms with Gasteiger partial charge in [-0.25, -0.2) is 4.98 Å². The van der Waals surface area contributed by atoms with Crippen LogP contribution in [0.1, 0.15) is 43.0 Å². The van der Waals surface area contributed by atoms with Crippen LogP contribution in [0.5, 0.6) is 0 Å². The maximum absolute atomic E-state index is 10.7. The SMILES string of the molecule is CCc1c(C)nc(CC(=O)O)n1C1CC1. The molecule has 1 aromatic heterocycles. The second kappa shape index (κ2) is 3.68. The van der Waals surface area contributed by atoms with Crippen LogP contribution >= 0.6 is 0 Å². The van der Waals surface area contributed by atoms with Gasteiger partial charge >= 0.3 is 5.97 Å². The Hall–Kier alpha value is -1.32. The van der Waals surface area contributed by atoms with Crippen LogP contribution in [-0.4, -0.2) is 20.6 Å². The Bertz CT molecular complexity index is 392. The molecule has 1 fully saturated rings. The van der Waals surface area contributed by atoms with Gasteiger partial charge in [0.2, 0.25) is 0 Å². The van der Waals surface area contributed by atoms with Crippen LogP contribution < -0.4 is 0 Å². The van der Waals surface area contributed by atoms with Crippen LogP contribution in [0.3, 0.4) is 0 Å². The molecule has 1 aliphatic rings. The number of carboxylic acid groups (broad SMARTS) is 1. The fraction of sp³-hybridized carbons (Fsp3) is 0.636. The molecule has 4 nitrogen and oxygen atoms in total. The van der Waals surface area contributed by atoms with E-state index in [-0.39, 0.29) is 6.42 Å². The second-order valence-corrected chi connectivity index (χ2v) is 4.09. The van der Waals surface area contributed by atoms with Crippen LogP contribution in [0.4, 0.5) is 0 Å². The number of aromatic nitrogens is 2. The van der Waals surface area contributed by atoms with Crippen LogP contribution in [0.15, 0.2) is 0 Å². The molecule has 2 rings (SSSR count). The lowest BCUT2D eigenvalue weighted by atomic mass is 10.3. The summed E-state index contributed by atoms with van der Waals surface area (Å²) in [5.41, 5.74) is 2.19. The van der Waals surface area contributed by atoms with Crippen molar-refractivity contribution >= 4 is 5.97 Å². The molecule has 0 atom stereocenters. The van der Waals surface area contributed by atoms with Gasteiger partial charge in [0.05, 0.1) is 5.69 Å². The van der Waals surface area contributed by atoms with Crippen LogP contribution in [0, 0.1) is 6.92 Å². The molecule has 1 heterocycles. The molecular formula is C11H16N2O2. The number of carbonyl (C=O) groups is 1. The maximum atomic E-state index is 10.7. The van der Waals surface area contributed by atoms with Gasteiger partial charge in [0.1, 0.15) is 12.2 Å². The van der Waals surface area contributed by atoms with Crippen molar-refractivity contribution < 1.29 is 9.90 Å². The first-order chi connectivity index (χ1) is 7.13. The van der Waals surface area contributed by atoms with Gasteiger partial charge in [0.15, 0.2) is 0 Å². The highest BCUT2D eigenvalue weighted by Crippen LogP contribution is 2.38. The monoisotopic (exact) mass is 208 g/mol. The Morgan fingerprint density at radius 2 is 2.27 bits per heavy atom. The molecule has 0 amide bonds. The molecule has 0 bridgehead atoms. The highest BCUT2D eigenvalue weighted by molar-refractivity contribution is 5.69. The number of aliphatic carboxylic acids is 1. The van der Waals surface area contributed by atoms with Crippen molar-refractivity contribution in [1.29, 1.82) is 0 Å². The number of nitrogens with zero attached hydrogens (tertiary/aromatic N) is 2. The molecule has 1 saturated carbocycles. The molecular weight excluding hydrogens is 192 g/mol. The summed E-state index contributed by atoms with van der Waals surface area (Å²) in [6.45, 7) is 4.05. The first kappa shape index (κ1) is 10.2. The molecule has 1 aromatic rings. The van der Waals surface area contributed by atoms with Gasteiger partial charge in [-0.15, -0.1) is 0 Å². The lowest BCUT2D eigenvalue weighted by Crippen LogP contribution is -2.10. The topological polar surface area (TPSA) is 55.1 Å². The van der Waals surface area contributed by atoms with E-state index in [1.54, 1.807) is 0 Å². The number of imidazole rings is 1.